The molecule has 18 atom stereocenters. The van der Waals surface area contributed by atoms with Gasteiger partial charge in [-0.1, -0.05) is 58.3 Å². The van der Waals surface area contributed by atoms with Crippen LogP contribution >= 0.6 is 23.5 Å². The number of hydrogen-bond acceptors (Lipinski definition) is 24. The Labute approximate surface area is 401 Å². The number of thioether (sulfide) groups is 2. The van der Waals surface area contributed by atoms with Crippen LogP contribution in [0.4, 0.5) is 0 Å². The molecule has 67 heavy (non-hydrogen) atoms. The molecule has 0 aliphatic carbocycles. The molecule has 12 N–H and O–H groups in total. The zero-order chi connectivity index (χ0) is 49.3. The summed E-state index contributed by atoms with van der Waals surface area (Å²) in [5, 5.41) is 120. The number of carbonyl (C=O) groups is 2. The van der Waals surface area contributed by atoms with E-state index in [4.69, 9.17) is 37.9 Å². The van der Waals surface area contributed by atoms with Crippen molar-refractivity contribution < 1.29 is 104 Å². The number of aliphatic hydroxyl groups excluding tert-OH is 11. The first-order chi connectivity index (χ1) is 32.2. The van der Waals surface area contributed by atoms with Crippen LogP contribution in [0.2, 0.25) is 0 Å². The normalized spacial score (nSPS) is 32.5. The molecular formula is C43H79NO21S2. The van der Waals surface area contributed by atoms with Crippen molar-refractivity contribution in [3.8, 4) is 0 Å². The standard InChI is InChI=1S/C43H79NO21S2/c1-3-4-5-9-12-25(48)15-16-26(13-10-7-6-8-11-14-32(51)58-2)67-24-66-22-44-17-28(49)34(53)30(19-46)62-41-38(57)36(55)31(21-60-41)63-43-39(35(54)29(50)20-59-43)64-42-37(56)33(52)27(18-45)40(65-42)61-23-47/h23,25-31,33-46,48-50,52-57H,3-22,24H2,1-2H3/t25?,26?,27-,28?,29+,30?,31+,33-,34?,35?,36+,37?,38?,39?,40?,41-,42-,43-/m0/s1. The third kappa shape index (κ3) is 20.5. The quantitative estimate of drug-likeness (QED) is 0.0150. The summed E-state index contributed by atoms with van der Waals surface area (Å²) >= 11 is 3.42. The predicted octanol–water partition coefficient (Wildman–Crippen LogP) is -1.45. The van der Waals surface area contributed by atoms with Gasteiger partial charge in [0.25, 0.3) is 6.47 Å². The molecule has 3 aliphatic rings. The second-order valence-corrected chi connectivity index (χ2v) is 19.9. The Morgan fingerprint density at radius 3 is 2.16 bits per heavy atom. The molecule has 24 heteroatoms. The number of unbranched alkanes of at least 4 members (excludes halogenated alkanes) is 7. The summed E-state index contributed by atoms with van der Waals surface area (Å²) in [6, 6.07) is 0. The Morgan fingerprint density at radius 2 is 1.46 bits per heavy atom. The van der Waals surface area contributed by atoms with Crippen molar-refractivity contribution >= 4 is 36.0 Å². The van der Waals surface area contributed by atoms with Gasteiger partial charge in [0.05, 0.1) is 57.8 Å². The monoisotopic (exact) mass is 1010 g/mol. The molecule has 3 fully saturated rings. The van der Waals surface area contributed by atoms with Gasteiger partial charge in [-0.2, -0.15) is 0 Å². The minimum atomic E-state index is -1.85. The van der Waals surface area contributed by atoms with Crippen LogP contribution in [0.1, 0.15) is 96.8 Å². The molecule has 3 heterocycles. The number of carbonyl (C=O) groups excluding carboxylic acids is 2. The molecule has 0 radical (unpaired) electrons. The average Bonchev–Trinajstić information content (AvgIpc) is 3.32. The van der Waals surface area contributed by atoms with Crippen molar-refractivity contribution in [1.29, 1.82) is 0 Å². The summed E-state index contributed by atoms with van der Waals surface area (Å²) in [6.07, 6.45) is -11.8. The Balaban J connectivity index is 1.45. The van der Waals surface area contributed by atoms with Crippen molar-refractivity contribution in [2.24, 2.45) is 5.92 Å². The van der Waals surface area contributed by atoms with Crippen LogP contribution in [-0.2, 0) is 47.5 Å². The van der Waals surface area contributed by atoms with Gasteiger partial charge < -0.3 is 99.4 Å². The smallest absolute Gasteiger partial charge is 0.305 e. The average molecular weight is 1010 g/mol. The minimum Gasteiger partial charge on any atom is -0.469 e. The Hall–Kier alpha value is -1.08. The number of methoxy groups -OCH3 is 1. The van der Waals surface area contributed by atoms with E-state index in [0.717, 1.165) is 82.1 Å². The zero-order valence-electron chi connectivity index (χ0n) is 38.6. The number of ether oxygens (including phenoxy) is 8. The Kier molecular flexibility index (Phi) is 30.2. The predicted molar refractivity (Wildman–Crippen MR) is 241 cm³/mol. The second kappa shape index (κ2) is 33.5. The van der Waals surface area contributed by atoms with Crippen molar-refractivity contribution in [1.82, 2.24) is 5.32 Å². The van der Waals surface area contributed by atoms with Gasteiger partial charge in [-0.05, 0) is 32.1 Å². The van der Waals surface area contributed by atoms with Crippen molar-refractivity contribution in [2.75, 3.05) is 51.0 Å². The minimum absolute atomic E-state index is 0.00693. The largest absolute Gasteiger partial charge is 0.469 e. The molecule has 0 bridgehead atoms. The SMILES string of the molecule is CCCCCCC(O)CCC(CCCCCCCC(=O)OC)SCSCNCC(O)C(O)C(CO)O[C@@H]1OC[C@@H](O[C@@H]2OC[C@@H](O)C(O)C2O[C@H]2OC(OC=O)[C@@H](CO)[C@H](O)C2O)[C@@H](O)C1O. The number of nitrogens with one attached hydrogen (secondary N) is 1. The van der Waals surface area contributed by atoms with Crippen LogP contribution in [0.25, 0.3) is 0 Å². The van der Waals surface area contributed by atoms with Crippen molar-refractivity contribution in [2.45, 2.75) is 200 Å². The molecule has 0 saturated carbocycles. The number of hydrogen-bond donors (Lipinski definition) is 12. The van der Waals surface area contributed by atoms with E-state index in [1.54, 1.807) is 11.8 Å². The van der Waals surface area contributed by atoms with Crippen LogP contribution in [0, 0.1) is 5.92 Å². The number of rotatable bonds is 35. The van der Waals surface area contributed by atoms with Gasteiger partial charge in [-0.15, -0.1) is 23.5 Å². The maximum Gasteiger partial charge on any atom is 0.305 e. The summed E-state index contributed by atoms with van der Waals surface area (Å²) in [6.45, 7) is -0.439. The van der Waals surface area contributed by atoms with E-state index in [2.05, 4.69) is 12.2 Å². The van der Waals surface area contributed by atoms with Crippen molar-refractivity contribution in [3.63, 3.8) is 0 Å². The highest BCUT2D eigenvalue weighted by Crippen LogP contribution is 2.33. The van der Waals surface area contributed by atoms with E-state index >= 15 is 0 Å². The van der Waals surface area contributed by atoms with E-state index in [1.807, 2.05) is 11.8 Å². The first-order valence-electron chi connectivity index (χ1n) is 23.5. The lowest BCUT2D eigenvalue weighted by Crippen LogP contribution is -2.63. The van der Waals surface area contributed by atoms with Gasteiger partial charge in [-0.25, -0.2) is 0 Å². The van der Waals surface area contributed by atoms with Crippen LogP contribution in [0.3, 0.4) is 0 Å². The summed E-state index contributed by atoms with van der Waals surface area (Å²) in [5.41, 5.74) is 0. The lowest BCUT2D eigenvalue weighted by atomic mass is 9.94. The fraction of sp³-hybridized carbons (Fsp3) is 0.953. The second-order valence-electron chi connectivity index (χ2n) is 17.2. The zero-order valence-corrected chi connectivity index (χ0v) is 40.3. The molecule has 0 spiro atoms. The van der Waals surface area contributed by atoms with Crippen LogP contribution in [0.5, 0.6) is 0 Å². The third-order valence-electron chi connectivity index (χ3n) is 12.1. The van der Waals surface area contributed by atoms with E-state index < -0.39 is 125 Å². The number of esters is 1. The molecule has 3 rings (SSSR count). The Morgan fingerprint density at radius 1 is 0.776 bits per heavy atom. The lowest BCUT2D eigenvalue weighted by molar-refractivity contribution is -0.384. The van der Waals surface area contributed by atoms with Crippen LogP contribution in [-0.4, -0.2) is 223 Å². The summed E-state index contributed by atoms with van der Waals surface area (Å²) < 4.78 is 43.0. The maximum atomic E-state index is 11.4. The van der Waals surface area contributed by atoms with E-state index in [0.29, 0.717) is 17.5 Å². The van der Waals surface area contributed by atoms with Gasteiger partial charge >= 0.3 is 5.97 Å². The topological polar surface area (TPSA) is 343 Å². The van der Waals surface area contributed by atoms with E-state index in [9.17, 15) is 65.8 Å². The molecular weight excluding hydrogens is 931 g/mol. The molecule has 10 unspecified atom stereocenters. The third-order valence-corrected chi connectivity index (χ3v) is 14.7. The molecule has 0 aromatic heterocycles. The molecule has 0 amide bonds. The molecule has 3 saturated heterocycles. The summed E-state index contributed by atoms with van der Waals surface area (Å²) in [5.74, 6) is -1.01. The molecule has 22 nitrogen and oxygen atoms in total. The summed E-state index contributed by atoms with van der Waals surface area (Å²) in [4.78, 5) is 22.4. The first kappa shape index (κ1) is 60.2. The van der Waals surface area contributed by atoms with Gasteiger partial charge in [-0.3, -0.25) is 9.59 Å². The summed E-state index contributed by atoms with van der Waals surface area (Å²) in [7, 11) is 1.40. The van der Waals surface area contributed by atoms with Gasteiger partial charge in [0.1, 0.15) is 54.9 Å². The fourth-order valence-corrected chi connectivity index (χ4v) is 10.3. The Bertz CT molecular complexity index is 1320. The van der Waals surface area contributed by atoms with E-state index in [1.165, 1.54) is 13.5 Å². The lowest BCUT2D eigenvalue weighted by Gasteiger charge is -2.46. The van der Waals surface area contributed by atoms with Crippen LogP contribution < -0.4 is 5.32 Å². The van der Waals surface area contributed by atoms with Gasteiger partial charge in [0, 0.05) is 29.2 Å². The van der Waals surface area contributed by atoms with Crippen molar-refractivity contribution in [3.05, 3.63) is 0 Å². The molecule has 0 aromatic rings. The highest BCUT2D eigenvalue weighted by atomic mass is 32.2. The number of aliphatic hydroxyl groups is 11. The van der Waals surface area contributed by atoms with Gasteiger partial charge in [0.2, 0.25) is 6.29 Å². The maximum absolute atomic E-state index is 11.4. The fourth-order valence-electron chi connectivity index (χ4n) is 7.90. The molecule has 0 aromatic carbocycles. The van der Waals surface area contributed by atoms with Crippen LogP contribution in [0.15, 0.2) is 0 Å². The van der Waals surface area contributed by atoms with Gasteiger partial charge in [0.15, 0.2) is 18.9 Å². The molecule has 394 valence electrons. The highest BCUT2D eigenvalue weighted by Gasteiger charge is 2.51. The van der Waals surface area contributed by atoms with E-state index in [-0.39, 0.29) is 25.1 Å². The first-order valence-corrected chi connectivity index (χ1v) is 25.7. The highest BCUT2D eigenvalue weighted by molar-refractivity contribution is 8.16. The molecule has 3 aliphatic heterocycles.